The predicted molar refractivity (Wildman–Crippen MR) is 91.6 cm³/mol. The number of aryl methyl sites for hydroxylation is 1. The molecule has 0 atom stereocenters. The van der Waals surface area contributed by atoms with Gasteiger partial charge in [0.2, 0.25) is 0 Å². The first-order valence-electron chi connectivity index (χ1n) is 7.81. The number of hydrogen-bond donors (Lipinski definition) is 0. The van der Waals surface area contributed by atoms with E-state index in [0.717, 1.165) is 43.4 Å². The van der Waals surface area contributed by atoms with Crippen molar-refractivity contribution in [3.63, 3.8) is 0 Å². The van der Waals surface area contributed by atoms with Gasteiger partial charge >= 0.3 is 0 Å². The molecule has 2 aromatic rings. The van der Waals surface area contributed by atoms with E-state index < -0.39 is 0 Å². The van der Waals surface area contributed by atoms with Crippen LogP contribution in [0.4, 0.5) is 0 Å². The molecule has 23 heavy (non-hydrogen) atoms. The minimum absolute atomic E-state index is 0.0276. The number of amides is 1. The van der Waals surface area contributed by atoms with Crippen molar-refractivity contribution in [2.24, 2.45) is 0 Å². The van der Waals surface area contributed by atoms with Crippen molar-refractivity contribution in [3.05, 3.63) is 64.4 Å². The first-order chi connectivity index (χ1) is 11.1. The average Bonchev–Trinajstić information content (AvgIpc) is 2.57. The van der Waals surface area contributed by atoms with Gasteiger partial charge in [-0.3, -0.25) is 9.69 Å². The number of piperazine rings is 1. The SMILES string of the molecule is Cc1cccc(C(=O)N2CCN(Cc3ccc(Cl)cc3)CC2)n1. The standard InChI is InChI=1S/C18H20ClN3O/c1-14-3-2-4-17(20-14)18(23)22-11-9-21(10-12-22)13-15-5-7-16(19)8-6-15/h2-8H,9-13H2,1H3. The molecule has 2 heterocycles. The molecule has 0 unspecified atom stereocenters. The number of nitrogens with zero attached hydrogens (tertiary/aromatic N) is 3. The Labute approximate surface area is 141 Å². The smallest absolute Gasteiger partial charge is 0.272 e. The minimum Gasteiger partial charge on any atom is -0.335 e. The number of rotatable bonds is 3. The molecule has 1 amide bonds. The summed E-state index contributed by atoms with van der Waals surface area (Å²) in [5, 5.41) is 0.759. The van der Waals surface area contributed by atoms with Crippen molar-refractivity contribution in [2.75, 3.05) is 26.2 Å². The maximum absolute atomic E-state index is 12.5. The van der Waals surface area contributed by atoms with E-state index in [1.54, 1.807) is 6.07 Å². The second-order valence-electron chi connectivity index (χ2n) is 5.86. The van der Waals surface area contributed by atoms with Crippen LogP contribution in [0.1, 0.15) is 21.7 Å². The zero-order chi connectivity index (χ0) is 16.2. The van der Waals surface area contributed by atoms with Crippen LogP contribution in [0.5, 0.6) is 0 Å². The van der Waals surface area contributed by atoms with Gasteiger partial charge in [-0.1, -0.05) is 29.8 Å². The van der Waals surface area contributed by atoms with E-state index in [2.05, 4.69) is 22.0 Å². The first-order valence-corrected chi connectivity index (χ1v) is 8.19. The highest BCUT2D eigenvalue weighted by Gasteiger charge is 2.22. The Morgan fingerprint density at radius 3 is 2.43 bits per heavy atom. The largest absolute Gasteiger partial charge is 0.335 e. The molecule has 1 fully saturated rings. The normalized spacial score (nSPS) is 15.7. The first kappa shape index (κ1) is 16.0. The fourth-order valence-corrected chi connectivity index (χ4v) is 2.91. The molecular weight excluding hydrogens is 310 g/mol. The Morgan fingerprint density at radius 1 is 1.09 bits per heavy atom. The monoisotopic (exact) mass is 329 g/mol. The van der Waals surface area contributed by atoms with Gasteiger partial charge < -0.3 is 4.90 Å². The van der Waals surface area contributed by atoms with Crippen LogP contribution in [-0.2, 0) is 6.54 Å². The molecule has 0 aliphatic carbocycles. The van der Waals surface area contributed by atoms with Crippen molar-refractivity contribution >= 4 is 17.5 Å². The Bertz CT molecular complexity index is 679. The third kappa shape index (κ3) is 4.09. The van der Waals surface area contributed by atoms with Gasteiger partial charge in [-0.2, -0.15) is 0 Å². The summed E-state index contributed by atoms with van der Waals surface area (Å²) in [6, 6.07) is 13.5. The molecule has 1 aromatic heterocycles. The molecular formula is C18H20ClN3O. The fourth-order valence-electron chi connectivity index (χ4n) is 2.78. The number of aromatic nitrogens is 1. The lowest BCUT2D eigenvalue weighted by atomic mass is 10.2. The lowest BCUT2D eigenvalue weighted by Crippen LogP contribution is -2.48. The Hall–Kier alpha value is -1.91. The quantitative estimate of drug-likeness (QED) is 0.868. The minimum atomic E-state index is 0.0276. The number of carbonyl (C=O) groups is 1. The van der Waals surface area contributed by atoms with Crippen molar-refractivity contribution in [3.8, 4) is 0 Å². The summed E-state index contributed by atoms with van der Waals surface area (Å²) in [5.74, 6) is 0.0276. The molecule has 1 saturated heterocycles. The molecule has 0 N–H and O–H groups in total. The highest BCUT2D eigenvalue weighted by atomic mass is 35.5. The molecule has 0 bridgehead atoms. The molecule has 3 rings (SSSR count). The Morgan fingerprint density at radius 2 is 1.78 bits per heavy atom. The van der Waals surface area contributed by atoms with Crippen molar-refractivity contribution in [1.29, 1.82) is 0 Å². The van der Waals surface area contributed by atoms with E-state index in [1.165, 1.54) is 5.56 Å². The lowest BCUT2D eigenvalue weighted by molar-refractivity contribution is 0.0622. The van der Waals surface area contributed by atoms with Gasteiger partial charge in [-0.25, -0.2) is 4.98 Å². The number of benzene rings is 1. The highest BCUT2D eigenvalue weighted by molar-refractivity contribution is 6.30. The summed E-state index contributed by atoms with van der Waals surface area (Å²) < 4.78 is 0. The van der Waals surface area contributed by atoms with E-state index in [-0.39, 0.29) is 5.91 Å². The van der Waals surface area contributed by atoms with Crippen molar-refractivity contribution in [2.45, 2.75) is 13.5 Å². The third-order valence-electron chi connectivity index (χ3n) is 4.09. The van der Waals surface area contributed by atoms with Gasteiger partial charge in [0.25, 0.3) is 5.91 Å². The van der Waals surface area contributed by atoms with Crippen LogP contribution >= 0.6 is 11.6 Å². The van der Waals surface area contributed by atoms with Gasteiger partial charge in [-0.15, -0.1) is 0 Å². The number of hydrogen-bond acceptors (Lipinski definition) is 3. The average molecular weight is 330 g/mol. The predicted octanol–water partition coefficient (Wildman–Crippen LogP) is 3.00. The fraction of sp³-hybridized carbons (Fsp3) is 0.333. The van der Waals surface area contributed by atoms with E-state index in [4.69, 9.17) is 11.6 Å². The molecule has 0 saturated carbocycles. The van der Waals surface area contributed by atoms with Gasteiger partial charge in [0.05, 0.1) is 0 Å². The molecule has 0 spiro atoms. The lowest BCUT2D eigenvalue weighted by Gasteiger charge is -2.34. The van der Waals surface area contributed by atoms with Crippen LogP contribution in [0.25, 0.3) is 0 Å². The van der Waals surface area contributed by atoms with Gasteiger partial charge in [0.1, 0.15) is 5.69 Å². The molecule has 1 aliphatic heterocycles. The van der Waals surface area contributed by atoms with Crippen LogP contribution in [-0.4, -0.2) is 46.9 Å². The molecule has 4 nitrogen and oxygen atoms in total. The zero-order valence-corrected chi connectivity index (χ0v) is 14.0. The van der Waals surface area contributed by atoms with Gasteiger partial charge in [0.15, 0.2) is 0 Å². The molecule has 1 aromatic carbocycles. The maximum atomic E-state index is 12.5. The third-order valence-corrected chi connectivity index (χ3v) is 4.34. The number of carbonyl (C=O) groups excluding carboxylic acids is 1. The second-order valence-corrected chi connectivity index (χ2v) is 6.30. The van der Waals surface area contributed by atoms with Crippen molar-refractivity contribution < 1.29 is 4.79 Å². The molecule has 5 heteroatoms. The summed E-state index contributed by atoms with van der Waals surface area (Å²) in [5.41, 5.74) is 2.66. The second kappa shape index (κ2) is 7.11. The zero-order valence-electron chi connectivity index (χ0n) is 13.2. The van der Waals surface area contributed by atoms with Crippen LogP contribution < -0.4 is 0 Å². The van der Waals surface area contributed by atoms with Crippen LogP contribution in [0, 0.1) is 6.92 Å². The molecule has 0 radical (unpaired) electrons. The van der Waals surface area contributed by atoms with Crippen molar-refractivity contribution in [1.82, 2.24) is 14.8 Å². The van der Waals surface area contributed by atoms with E-state index in [9.17, 15) is 4.79 Å². The summed E-state index contributed by atoms with van der Waals surface area (Å²) in [4.78, 5) is 21.1. The number of pyridine rings is 1. The van der Waals surface area contributed by atoms with E-state index >= 15 is 0 Å². The Balaban J connectivity index is 1.55. The van der Waals surface area contributed by atoms with Crippen LogP contribution in [0.15, 0.2) is 42.5 Å². The summed E-state index contributed by atoms with van der Waals surface area (Å²) in [6.45, 7) is 6.02. The van der Waals surface area contributed by atoms with Crippen LogP contribution in [0.2, 0.25) is 5.02 Å². The summed E-state index contributed by atoms with van der Waals surface area (Å²) in [6.07, 6.45) is 0. The van der Waals surface area contributed by atoms with Crippen LogP contribution in [0.3, 0.4) is 0 Å². The van der Waals surface area contributed by atoms with Gasteiger partial charge in [0, 0.05) is 43.4 Å². The topological polar surface area (TPSA) is 36.4 Å². The van der Waals surface area contributed by atoms with E-state index in [0.29, 0.717) is 5.69 Å². The molecule has 120 valence electrons. The Kier molecular flexibility index (Phi) is 4.94. The van der Waals surface area contributed by atoms with Gasteiger partial charge in [-0.05, 0) is 36.8 Å². The summed E-state index contributed by atoms with van der Waals surface area (Å²) >= 11 is 5.91. The summed E-state index contributed by atoms with van der Waals surface area (Å²) in [7, 11) is 0. The maximum Gasteiger partial charge on any atom is 0.272 e. The van der Waals surface area contributed by atoms with E-state index in [1.807, 2.05) is 36.1 Å². The highest BCUT2D eigenvalue weighted by Crippen LogP contribution is 2.14. The molecule has 1 aliphatic rings. The number of halogens is 1.